The number of hydrogen-bond donors (Lipinski definition) is 2. The highest BCUT2D eigenvalue weighted by atomic mass is 16.1. The second-order valence-corrected chi connectivity index (χ2v) is 4.43. The second kappa shape index (κ2) is 4.99. The van der Waals surface area contributed by atoms with E-state index in [0.29, 0.717) is 23.0 Å². The van der Waals surface area contributed by atoms with E-state index >= 15 is 0 Å². The number of nitrogens with zero attached hydrogens (tertiary/aromatic N) is 1. The standard InChI is InChI=1S/C13H17N3O/c14-12(9-4-1-2-5-9)16-11-7-3-6-10(8-11)13(15)17/h3,6-9H,1-2,4-5H2,(H2,14,16)(H2,15,17). The van der Waals surface area contributed by atoms with Crippen molar-refractivity contribution in [1.29, 1.82) is 0 Å². The van der Waals surface area contributed by atoms with Gasteiger partial charge in [-0.15, -0.1) is 0 Å². The van der Waals surface area contributed by atoms with E-state index in [9.17, 15) is 4.79 Å². The van der Waals surface area contributed by atoms with Gasteiger partial charge in [0.2, 0.25) is 5.91 Å². The van der Waals surface area contributed by atoms with Crippen LogP contribution in [0.1, 0.15) is 36.0 Å². The molecule has 1 aromatic rings. The highest BCUT2D eigenvalue weighted by Crippen LogP contribution is 2.26. The Balaban J connectivity index is 2.19. The van der Waals surface area contributed by atoms with Gasteiger partial charge in [0, 0.05) is 11.5 Å². The molecule has 0 radical (unpaired) electrons. The summed E-state index contributed by atoms with van der Waals surface area (Å²) in [5.74, 6) is 0.623. The molecule has 0 aliphatic heterocycles. The fourth-order valence-electron chi connectivity index (χ4n) is 2.19. The zero-order chi connectivity index (χ0) is 12.3. The zero-order valence-electron chi connectivity index (χ0n) is 9.73. The van der Waals surface area contributed by atoms with Crippen LogP contribution in [-0.4, -0.2) is 11.7 Å². The number of benzene rings is 1. The maximum atomic E-state index is 11.0. The molecule has 1 amide bonds. The molecule has 4 heteroatoms. The number of nitrogens with two attached hydrogens (primary N) is 2. The van der Waals surface area contributed by atoms with Crippen LogP contribution in [0.15, 0.2) is 29.3 Å². The first-order valence-electron chi connectivity index (χ1n) is 5.91. The van der Waals surface area contributed by atoms with E-state index < -0.39 is 5.91 Å². The van der Waals surface area contributed by atoms with Crippen LogP contribution in [0.2, 0.25) is 0 Å². The molecule has 0 saturated heterocycles. The number of hydrogen-bond acceptors (Lipinski definition) is 2. The number of primary amides is 1. The summed E-state index contributed by atoms with van der Waals surface area (Å²) >= 11 is 0. The fourth-order valence-corrected chi connectivity index (χ4v) is 2.19. The van der Waals surface area contributed by atoms with E-state index in [4.69, 9.17) is 11.5 Å². The van der Waals surface area contributed by atoms with E-state index in [0.717, 1.165) is 12.8 Å². The maximum Gasteiger partial charge on any atom is 0.248 e. The molecule has 0 unspecified atom stereocenters. The topological polar surface area (TPSA) is 81.5 Å². The lowest BCUT2D eigenvalue weighted by Gasteiger charge is -2.08. The van der Waals surface area contributed by atoms with Crippen LogP contribution in [0.4, 0.5) is 5.69 Å². The van der Waals surface area contributed by atoms with Crippen molar-refractivity contribution in [3.05, 3.63) is 29.8 Å². The molecule has 0 aromatic heterocycles. The van der Waals surface area contributed by atoms with Crippen molar-refractivity contribution in [2.75, 3.05) is 0 Å². The molecule has 17 heavy (non-hydrogen) atoms. The van der Waals surface area contributed by atoms with Crippen LogP contribution in [0.25, 0.3) is 0 Å². The molecule has 4 N–H and O–H groups in total. The minimum absolute atomic E-state index is 0.396. The average Bonchev–Trinajstić information content (AvgIpc) is 2.82. The van der Waals surface area contributed by atoms with E-state index in [1.165, 1.54) is 12.8 Å². The third kappa shape index (κ3) is 2.84. The average molecular weight is 231 g/mol. The van der Waals surface area contributed by atoms with Crippen LogP contribution >= 0.6 is 0 Å². The molecule has 1 saturated carbocycles. The van der Waals surface area contributed by atoms with Crippen molar-refractivity contribution in [1.82, 2.24) is 0 Å². The molecule has 2 rings (SSSR count). The van der Waals surface area contributed by atoms with Gasteiger partial charge in [-0.05, 0) is 31.0 Å². The lowest BCUT2D eigenvalue weighted by molar-refractivity contribution is 0.100. The number of aliphatic imine (C=N–C) groups is 1. The summed E-state index contributed by atoms with van der Waals surface area (Å²) in [6.45, 7) is 0. The van der Waals surface area contributed by atoms with E-state index in [1.54, 1.807) is 18.2 Å². The second-order valence-electron chi connectivity index (χ2n) is 4.43. The summed E-state index contributed by atoms with van der Waals surface area (Å²) in [6, 6.07) is 6.94. The maximum absolute atomic E-state index is 11.0. The van der Waals surface area contributed by atoms with Crippen LogP contribution in [-0.2, 0) is 0 Å². The number of carbonyl (C=O) groups is 1. The Morgan fingerprint density at radius 1 is 1.24 bits per heavy atom. The largest absolute Gasteiger partial charge is 0.387 e. The minimum atomic E-state index is -0.443. The number of rotatable bonds is 3. The van der Waals surface area contributed by atoms with Gasteiger partial charge in [0.05, 0.1) is 5.69 Å². The third-order valence-corrected chi connectivity index (χ3v) is 3.16. The number of amides is 1. The molecule has 1 aliphatic carbocycles. The molecule has 1 aromatic carbocycles. The Morgan fingerprint density at radius 3 is 2.59 bits per heavy atom. The first-order valence-corrected chi connectivity index (χ1v) is 5.91. The molecule has 0 atom stereocenters. The van der Waals surface area contributed by atoms with Gasteiger partial charge in [-0.25, -0.2) is 4.99 Å². The predicted octanol–water partition coefficient (Wildman–Crippen LogP) is 1.96. The van der Waals surface area contributed by atoms with Gasteiger partial charge < -0.3 is 11.5 Å². The zero-order valence-corrected chi connectivity index (χ0v) is 9.73. The van der Waals surface area contributed by atoms with Gasteiger partial charge in [-0.2, -0.15) is 0 Å². The van der Waals surface area contributed by atoms with Crippen molar-refractivity contribution in [2.45, 2.75) is 25.7 Å². The van der Waals surface area contributed by atoms with E-state index in [1.807, 2.05) is 6.07 Å². The Kier molecular flexibility index (Phi) is 3.42. The summed E-state index contributed by atoms with van der Waals surface area (Å²) < 4.78 is 0. The molecule has 0 spiro atoms. The summed E-state index contributed by atoms with van der Waals surface area (Å²) in [5, 5.41) is 0. The smallest absolute Gasteiger partial charge is 0.248 e. The van der Waals surface area contributed by atoms with Gasteiger partial charge in [0.1, 0.15) is 5.84 Å². The van der Waals surface area contributed by atoms with Gasteiger partial charge in [-0.1, -0.05) is 18.9 Å². The van der Waals surface area contributed by atoms with E-state index in [2.05, 4.69) is 4.99 Å². The Labute approximate surface area is 101 Å². The lowest BCUT2D eigenvalue weighted by atomic mass is 10.1. The summed E-state index contributed by atoms with van der Waals surface area (Å²) in [4.78, 5) is 15.4. The number of amidine groups is 1. The van der Waals surface area contributed by atoms with Gasteiger partial charge >= 0.3 is 0 Å². The monoisotopic (exact) mass is 231 g/mol. The molecule has 4 nitrogen and oxygen atoms in total. The quantitative estimate of drug-likeness (QED) is 0.616. The fraction of sp³-hybridized carbons (Fsp3) is 0.385. The normalized spacial score (nSPS) is 17.3. The highest BCUT2D eigenvalue weighted by molar-refractivity contribution is 5.94. The van der Waals surface area contributed by atoms with Crippen LogP contribution in [0.3, 0.4) is 0 Å². The third-order valence-electron chi connectivity index (χ3n) is 3.16. The molecular weight excluding hydrogens is 214 g/mol. The van der Waals surface area contributed by atoms with Crippen molar-refractivity contribution in [3.63, 3.8) is 0 Å². The summed E-state index contributed by atoms with van der Waals surface area (Å²) in [6.07, 6.45) is 4.68. The van der Waals surface area contributed by atoms with Crippen molar-refractivity contribution >= 4 is 17.4 Å². The highest BCUT2D eigenvalue weighted by Gasteiger charge is 2.18. The minimum Gasteiger partial charge on any atom is -0.387 e. The van der Waals surface area contributed by atoms with Crippen LogP contribution in [0.5, 0.6) is 0 Å². The molecule has 1 fully saturated rings. The summed E-state index contributed by atoms with van der Waals surface area (Å²) in [5.41, 5.74) is 12.4. The van der Waals surface area contributed by atoms with E-state index in [-0.39, 0.29) is 0 Å². The lowest BCUT2D eigenvalue weighted by Crippen LogP contribution is -2.20. The Hall–Kier alpha value is -1.84. The molecule has 0 bridgehead atoms. The Morgan fingerprint density at radius 2 is 1.94 bits per heavy atom. The molecule has 1 aliphatic rings. The number of carbonyl (C=O) groups excluding carboxylic acids is 1. The molecule has 0 heterocycles. The van der Waals surface area contributed by atoms with Crippen LogP contribution < -0.4 is 11.5 Å². The van der Waals surface area contributed by atoms with Crippen molar-refractivity contribution in [2.24, 2.45) is 22.4 Å². The molecule has 90 valence electrons. The molecular formula is C13H17N3O. The van der Waals surface area contributed by atoms with Crippen LogP contribution in [0, 0.1) is 5.92 Å². The predicted molar refractivity (Wildman–Crippen MR) is 68.2 cm³/mol. The SMILES string of the molecule is NC(=O)c1cccc(N=C(N)C2CCCC2)c1. The van der Waals surface area contributed by atoms with Gasteiger partial charge in [0.15, 0.2) is 0 Å². The first kappa shape index (κ1) is 11.6. The summed E-state index contributed by atoms with van der Waals surface area (Å²) in [7, 11) is 0. The van der Waals surface area contributed by atoms with Gasteiger partial charge in [-0.3, -0.25) is 4.79 Å². The first-order chi connectivity index (χ1) is 8.16. The van der Waals surface area contributed by atoms with Gasteiger partial charge in [0.25, 0.3) is 0 Å². The van der Waals surface area contributed by atoms with Crippen molar-refractivity contribution in [3.8, 4) is 0 Å². The Bertz CT molecular complexity index is 448. The van der Waals surface area contributed by atoms with Crippen molar-refractivity contribution < 1.29 is 4.79 Å².